The molecule has 1 heterocycles. The monoisotopic (exact) mass is 379 g/mol. The summed E-state index contributed by atoms with van der Waals surface area (Å²) in [5.74, 6) is 0.492. The number of rotatable bonds is 5. The third-order valence-corrected chi connectivity index (χ3v) is 4.89. The molecule has 2 aromatic carbocycles. The van der Waals surface area contributed by atoms with E-state index in [0.29, 0.717) is 17.9 Å². The Morgan fingerprint density at radius 1 is 1.11 bits per heavy atom. The van der Waals surface area contributed by atoms with Crippen LogP contribution in [0.1, 0.15) is 36.6 Å². The van der Waals surface area contributed by atoms with Gasteiger partial charge in [-0.05, 0) is 62.6 Å². The van der Waals surface area contributed by atoms with Gasteiger partial charge in [-0.25, -0.2) is 4.79 Å². The van der Waals surface area contributed by atoms with Gasteiger partial charge in [0.25, 0.3) is 5.91 Å². The largest absolute Gasteiger partial charge is 0.494 e. The minimum Gasteiger partial charge on any atom is -0.494 e. The first-order valence-electron chi connectivity index (χ1n) is 9.29. The Labute approximate surface area is 165 Å². The van der Waals surface area contributed by atoms with Crippen LogP contribution >= 0.6 is 0 Å². The van der Waals surface area contributed by atoms with Crippen LogP contribution in [-0.4, -0.2) is 18.5 Å². The predicted octanol–water partition coefficient (Wildman–Crippen LogP) is 3.97. The van der Waals surface area contributed by atoms with E-state index in [1.807, 2.05) is 63.2 Å². The molecule has 0 radical (unpaired) electrons. The van der Waals surface area contributed by atoms with Crippen LogP contribution in [0.15, 0.2) is 53.7 Å². The Morgan fingerprint density at radius 2 is 1.82 bits per heavy atom. The molecule has 0 bridgehead atoms. The van der Waals surface area contributed by atoms with E-state index in [1.165, 1.54) is 0 Å². The molecule has 0 spiro atoms. The van der Waals surface area contributed by atoms with Crippen molar-refractivity contribution in [3.05, 3.63) is 70.4 Å². The van der Waals surface area contributed by atoms with Gasteiger partial charge in [0, 0.05) is 11.4 Å². The topological polar surface area (TPSA) is 79.5 Å². The van der Waals surface area contributed by atoms with Crippen molar-refractivity contribution in [2.45, 2.75) is 33.7 Å². The Balaban J connectivity index is 1.93. The van der Waals surface area contributed by atoms with Crippen molar-refractivity contribution in [3.63, 3.8) is 0 Å². The van der Waals surface area contributed by atoms with E-state index < -0.39 is 6.04 Å². The zero-order valence-corrected chi connectivity index (χ0v) is 16.6. The number of hydrogen-bond acceptors (Lipinski definition) is 3. The Hall–Kier alpha value is -3.28. The molecule has 0 fully saturated rings. The van der Waals surface area contributed by atoms with E-state index in [1.54, 1.807) is 6.92 Å². The summed E-state index contributed by atoms with van der Waals surface area (Å²) in [6.07, 6.45) is 0. The lowest BCUT2D eigenvalue weighted by Gasteiger charge is -2.29. The van der Waals surface area contributed by atoms with Crippen molar-refractivity contribution in [2.75, 3.05) is 11.9 Å². The molecule has 28 heavy (non-hydrogen) atoms. The summed E-state index contributed by atoms with van der Waals surface area (Å²) in [6, 6.07) is 12.3. The summed E-state index contributed by atoms with van der Waals surface area (Å²) in [5.41, 5.74) is 4.69. The van der Waals surface area contributed by atoms with Gasteiger partial charge in [-0.15, -0.1) is 0 Å². The van der Waals surface area contributed by atoms with Crippen molar-refractivity contribution in [1.29, 1.82) is 0 Å². The molecule has 0 aromatic heterocycles. The lowest BCUT2D eigenvalue weighted by Crippen LogP contribution is -2.46. The molecule has 3 N–H and O–H groups in total. The molecular weight excluding hydrogens is 354 g/mol. The smallest absolute Gasteiger partial charge is 0.319 e. The molecule has 1 atom stereocenters. The Kier molecular flexibility index (Phi) is 5.68. The Morgan fingerprint density at radius 3 is 2.50 bits per heavy atom. The standard InChI is InChI=1S/C22H25N3O3/c1-5-28-17-11-9-16(10-12-17)20-19(15(4)23-22(27)25-20)21(26)24-18-8-6-7-13(2)14(18)3/h6-12,20H,5H2,1-4H3,(H,24,26)(H2,23,25,27). The number of aryl methyl sites for hydroxylation is 1. The average Bonchev–Trinajstić information content (AvgIpc) is 2.65. The van der Waals surface area contributed by atoms with E-state index in [2.05, 4.69) is 16.0 Å². The van der Waals surface area contributed by atoms with Crippen LogP contribution in [0.4, 0.5) is 10.5 Å². The number of amides is 3. The van der Waals surface area contributed by atoms with Gasteiger partial charge in [0.2, 0.25) is 0 Å². The lowest BCUT2D eigenvalue weighted by atomic mass is 9.94. The fourth-order valence-electron chi connectivity index (χ4n) is 3.24. The van der Waals surface area contributed by atoms with Gasteiger partial charge >= 0.3 is 6.03 Å². The molecule has 0 aliphatic carbocycles. The van der Waals surface area contributed by atoms with Gasteiger partial charge in [-0.1, -0.05) is 24.3 Å². The molecular formula is C22H25N3O3. The first kappa shape index (κ1) is 19.5. The van der Waals surface area contributed by atoms with Crippen LogP contribution in [0, 0.1) is 13.8 Å². The zero-order valence-electron chi connectivity index (χ0n) is 16.6. The summed E-state index contributed by atoms with van der Waals surface area (Å²) < 4.78 is 5.48. The first-order valence-corrected chi connectivity index (χ1v) is 9.29. The number of allylic oxidation sites excluding steroid dienone is 1. The summed E-state index contributed by atoms with van der Waals surface area (Å²) in [6.45, 7) is 8.20. The second-order valence-electron chi connectivity index (χ2n) is 6.77. The van der Waals surface area contributed by atoms with Crippen LogP contribution in [0.3, 0.4) is 0 Å². The summed E-state index contributed by atoms with van der Waals surface area (Å²) in [4.78, 5) is 25.2. The SMILES string of the molecule is CCOc1ccc(C2NC(=O)NC(C)=C2C(=O)Nc2cccc(C)c2C)cc1. The van der Waals surface area contributed by atoms with Crippen LogP contribution in [-0.2, 0) is 4.79 Å². The van der Waals surface area contributed by atoms with Gasteiger partial charge in [0.1, 0.15) is 5.75 Å². The van der Waals surface area contributed by atoms with Gasteiger partial charge in [-0.3, -0.25) is 4.79 Å². The summed E-state index contributed by atoms with van der Waals surface area (Å²) in [5, 5.41) is 8.53. The number of carbonyl (C=O) groups is 2. The predicted molar refractivity (Wildman–Crippen MR) is 109 cm³/mol. The van der Waals surface area contributed by atoms with Crippen LogP contribution < -0.4 is 20.7 Å². The quantitative estimate of drug-likeness (QED) is 0.735. The number of hydrogen-bond donors (Lipinski definition) is 3. The van der Waals surface area contributed by atoms with E-state index >= 15 is 0 Å². The molecule has 1 unspecified atom stereocenters. The Bertz CT molecular complexity index is 933. The highest BCUT2D eigenvalue weighted by Gasteiger charge is 2.31. The number of carbonyl (C=O) groups excluding carboxylic acids is 2. The second-order valence-corrected chi connectivity index (χ2v) is 6.77. The lowest BCUT2D eigenvalue weighted by molar-refractivity contribution is -0.113. The normalized spacial score (nSPS) is 16.3. The third-order valence-electron chi connectivity index (χ3n) is 4.89. The maximum Gasteiger partial charge on any atom is 0.319 e. The van der Waals surface area contributed by atoms with Crippen molar-refractivity contribution < 1.29 is 14.3 Å². The fraction of sp³-hybridized carbons (Fsp3) is 0.273. The highest BCUT2D eigenvalue weighted by Crippen LogP contribution is 2.29. The molecule has 0 saturated carbocycles. The van der Waals surface area contributed by atoms with Crippen LogP contribution in [0.2, 0.25) is 0 Å². The molecule has 1 aliphatic heterocycles. The maximum atomic E-state index is 13.1. The van der Waals surface area contributed by atoms with E-state index in [4.69, 9.17) is 4.74 Å². The number of urea groups is 1. The third kappa shape index (κ3) is 4.01. The van der Waals surface area contributed by atoms with Gasteiger partial charge in [0.15, 0.2) is 0 Å². The summed E-state index contributed by atoms with van der Waals surface area (Å²) in [7, 11) is 0. The highest BCUT2D eigenvalue weighted by atomic mass is 16.5. The second kappa shape index (κ2) is 8.17. The summed E-state index contributed by atoms with van der Waals surface area (Å²) >= 11 is 0. The van der Waals surface area contributed by atoms with Gasteiger partial charge in [-0.2, -0.15) is 0 Å². The van der Waals surface area contributed by atoms with Crippen molar-refractivity contribution in [1.82, 2.24) is 10.6 Å². The molecule has 3 rings (SSSR count). The van der Waals surface area contributed by atoms with E-state index in [9.17, 15) is 9.59 Å². The molecule has 0 saturated heterocycles. The highest BCUT2D eigenvalue weighted by molar-refractivity contribution is 6.07. The van der Waals surface area contributed by atoms with Gasteiger partial charge < -0.3 is 20.7 Å². The molecule has 1 aliphatic rings. The van der Waals surface area contributed by atoms with Crippen molar-refractivity contribution in [2.24, 2.45) is 0 Å². The maximum absolute atomic E-state index is 13.1. The number of anilines is 1. The first-order chi connectivity index (χ1) is 13.4. The number of nitrogens with one attached hydrogen (secondary N) is 3. The van der Waals surface area contributed by atoms with Crippen LogP contribution in [0.25, 0.3) is 0 Å². The van der Waals surface area contributed by atoms with E-state index in [-0.39, 0.29) is 11.9 Å². The zero-order chi connectivity index (χ0) is 20.3. The number of ether oxygens (including phenoxy) is 1. The average molecular weight is 379 g/mol. The number of benzene rings is 2. The van der Waals surface area contributed by atoms with Gasteiger partial charge in [0.05, 0.1) is 18.2 Å². The van der Waals surface area contributed by atoms with E-state index in [0.717, 1.165) is 28.1 Å². The van der Waals surface area contributed by atoms with Crippen molar-refractivity contribution in [3.8, 4) is 5.75 Å². The molecule has 146 valence electrons. The van der Waals surface area contributed by atoms with Crippen molar-refractivity contribution >= 4 is 17.6 Å². The molecule has 6 heteroatoms. The molecule has 6 nitrogen and oxygen atoms in total. The van der Waals surface area contributed by atoms with Crippen LogP contribution in [0.5, 0.6) is 5.75 Å². The minimum absolute atomic E-state index is 0.252. The fourth-order valence-corrected chi connectivity index (χ4v) is 3.24. The minimum atomic E-state index is -0.547. The molecule has 3 amide bonds. The molecule has 2 aromatic rings.